The fraction of sp³-hybridized carbons (Fsp3) is 0.333. The average molecular weight is 286 g/mol. The summed E-state index contributed by atoms with van der Waals surface area (Å²) in [5, 5.41) is 4.24. The zero-order valence-electron chi connectivity index (χ0n) is 11.8. The van der Waals surface area contributed by atoms with Crippen molar-refractivity contribution in [2.24, 2.45) is 0 Å². The second kappa shape index (κ2) is 5.99. The van der Waals surface area contributed by atoms with Crippen molar-refractivity contribution in [3.8, 4) is 0 Å². The Morgan fingerprint density at radius 2 is 1.75 bits per heavy atom. The Kier molecular flexibility index (Phi) is 4.09. The van der Waals surface area contributed by atoms with E-state index in [0.717, 1.165) is 10.9 Å². The molecule has 0 radical (unpaired) electrons. The smallest absolute Gasteiger partial charge is 0.0577 e. The molecule has 0 aliphatic heterocycles. The zero-order chi connectivity index (χ0) is 13.9. The average Bonchev–Trinajstić information content (AvgIpc) is 2.41. The van der Waals surface area contributed by atoms with Crippen LogP contribution >= 0.6 is 11.6 Å². The van der Waals surface area contributed by atoms with E-state index in [1.807, 2.05) is 19.2 Å². The van der Waals surface area contributed by atoms with E-state index in [0.29, 0.717) is 0 Å². The van der Waals surface area contributed by atoms with Crippen LogP contribution in [0.3, 0.4) is 0 Å². The first-order valence-corrected chi connectivity index (χ1v) is 7.69. The number of halogens is 1. The van der Waals surface area contributed by atoms with Crippen LogP contribution < -0.4 is 5.32 Å². The number of benzene rings is 2. The Hall–Kier alpha value is -1.31. The van der Waals surface area contributed by atoms with Gasteiger partial charge in [0.15, 0.2) is 0 Å². The van der Waals surface area contributed by atoms with Gasteiger partial charge in [-0.3, -0.25) is 0 Å². The van der Waals surface area contributed by atoms with Crippen LogP contribution in [0.4, 0.5) is 0 Å². The third-order valence-corrected chi connectivity index (χ3v) is 4.60. The fourth-order valence-corrected chi connectivity index (χ4v) is 3.15. The molecule has 0 bridgehead atoms. The molecule has 0 saturated heterocycles. The maximum absolute atomic E-state index is 6.00. The van der Waals surface area contributed by atoms with Gasteiger partial charge in [0.05, 0.1) is 6.04 Å². The Morgan fingerprint density at radius 3 is 2.35 bits per heavy atom. The second-order valence-electron chi connectivity index (χ2n) is 5.53. The van der Waals surface area contributed by atoms with E-state index in [-0.39, 0.29) is 6.04 Å². The number of rotatable bonds is 4. The molecule has 2 heteroatoms. The van der Waals surface area contributed by atoms with Crippen LogP contribution in [0.5, 0.6) is 0 Å². The van der Waals surface area contributed by atoms with Gasteiger partial charge in [-0.2, -0.15) is 0 Å². The first kappa shape index (κ1) is 13.7. The predicted octanol–water partition coefficient (Wildman–Crippen LogP) is 4.92. The zero-order valence-corrected chi connectivity index (χ0v) is 12.5. The highest BCUT2D eigenvalue weighted by atomic mass is 35.5. The molecular weight excluding hydrogens is 266 g/mol. The van der Waals surface area contributed by atoms with Gasteiger partial charge in [0, 0.05) is 5.02 Å². The molecule has 1 aliphatic rings. The molecule has 1 saturated carbocycles. The third-order valence-electron chi connectivity index (χ3n) is 4.34. The molecule has 1 nitrogen and oxygen atoms in total. The van der Waals surface area contributed by atoms with Gasteiger partial charge in [-0.05, 0) is 54.6 Å². The van der Waals surface area contributed by atoms with E-state index in [2.05, 4.69) is 41.7 Å². The predicted molar refractivity (Wildman–Crippen MR) is 85.4 cm³/mol. The van der Waals surface area contributed by atoms with Crippen LogP contribution in [0.25, 0.3) is 0 Å². The molecule has 0 amide bonds. The highest BCUT2D eigenvalue weighted by Crippen LogP contribution is 2.40. The minimum absolute atomic E-state index is 0.240. The standard InChI is InChI=1S/C18H20ClN/c1-20-18(14-9-11-15(19)12-10-14)17-8-3-2-7-16(17)13-5-4-6-13/h2-3,7-13,18,20H,4-6H2,1H3. The lowest BCUT2D eigenvalue weighted by Crippen LogP contribution is -2.21. The molecule has 20 heavy (non-hydrogen) atoms. The van der Waals surface area contributed by atoms with Crippen molar-refractivity contribution in [1.82, 2.24) is 5.32 Å². The van der Waals surface area contributed by atoms with E-state index >= 15 is 0 Å². The molecule has 104 valence electrons. The van der Waals surface area contributed by atoms with Gasteiger partial charge in [0.25, 0.3) is 0 Å². The van der Waals surface area contributed by atoms with Gasteiger partial charge in [-0.15, -0.1) is 0 Å². The Labute approximate surface area is 126 Å². The quantitative estimate of drug-likeness (QED) is 0.841. The summed E-state index contributed by atoms with van der Waals surface area (Å²) in [4.78, 5) is 0. The van der Waals surface area contributed by atoms with E-state index in [1.165, 1.54) is 36.0 Å². The lowest BCUT2D eigenvalue weighted by atomic mass is 9.76. The summed E-state index contributed by atoms with van der Waals surface area (Å²) in [6, 6.07) is 17.2. The SMILES string of the molecule is CNC(c1ccc(Cl)cc1)c1ccccc1C1CCC1. The summed E-state index contributed by atoms with van der Waals surface area (Å²) in [5.41, 5.74) is 4.18. The Morgan fingerprint density at radius 1 is 1.05 bits per heavy atom. The van der Waals surface area contributed by atoms with Crippen LogP contribution in [-0.4, -0.2) is 7.05 Å². The molecule has 1 atom stereocenters. The van der Waals surface area contributed by atoms with Gasteiger partial charge in [0.2, 0.25) is 0 Å². The molecule has 0 heterocycles. The highest BCUT2D eigenvalue weighted by Gasteiger charge is 2.24. The summed E-state index contributed by atoms with van der Waals surface area (Å²) in [6.07, 6.45) is 4.02. The molecule has 0 aromatic heterocycles. The second-order valence-corrected chi connectivity index (χ2v) is 5.97. The molecule has 1 unspecified atom stereocenters. The van der Waals surface area contributed by atoms with E-state index in [4.69, 9.17) is 11.6 Å². The van der Waals surface area contributed by atoms with Gasteiger partial charge in [0.1, 0.15) is 0 Å². The van der Waals surface area contributed by atoms with Crippen molar-refractivity contribution >= 4 is 11.6 Å². The molecule has 0 spiro atoms. The van der Waals surface area contributed by atoms with Gasteiger partial charge < -0.3 is 5.32 Å². The third kappa shape index (κ3) is 2.61. The molecule has 1 fully saturated rings. The van der Waals surface area contributed by atoms with Crippen molar-refractivity contribution in [1.29, 1.82) is 0 Å². The molecule has 2 aromatic carbocycles. The van der Waals surface area contributed by atoms with Crippen LogP contribution in [0.2, 0.25) is 5.02 Å². The molecule has 3 rings (SSSR count). The number of nitrogens with one attached hydrogen (secondary N) is 1. The monoisotopic (exact) mass is 285 g/mol. The summed E-state index contributed by atoms with van der Waals surface area (Å²) in [6.45, 7) is 0. The van der Waals surface area contributed by atoms with Crippen molar-refractivity contribution in [3.05, 3.63) is 70.2 Å². The first-order valence-electron chi connectivity index (χ1n) is 7.31. The summed E-state index contributed by atoms with van der Waals surface area (Å²) >= 11 is 6.00. The molecule has 1 N–H and O–H groups in total. The van der Waals surface area contributed by atoms with Gasteiger partial charge in [-0.25, -0.2) is 0 Å². The van der Waals surface area contributed by atoms with E-state index < -0.39 is 0 Å². The molecular formula is C18H20ClN. The van der Waals surface area contributed by atoms with Crippen molar-refractivity contribution in [2.45, 2.75) is 31.2 Å². The minimum Gasteiger partial charge on any atom is -0.309 e. The van der Waals surface area contributed by atoms with Crippen LogP contribution in [0.15, 0.2) is 48.5 Å². The van der Waals surface area contributed by atoms with Gasteiger partial charge in [-0.1, -0.05) is 54.4 Å². The van der Waals surface area contributed by atoms with Crippen molar-refractivity contribution in [2.75, 3.05) is 7.05 Å². The van der Waals surface area contributed by atoms with Crippen LogP contribution in [-0.2, 0) is 0 Å². The Bertz CT molecular complexity index is 572. The summed E-state index contributed by atoms with van der Waals surface area (Å²) in [5.74, 6) is 0.745. The largest absolute Gasteiger partial charge is 0.309 e. The molecule has 1 aliphatic carbocycles. The summed E-state index contributed by atoms with van der Waals surface area (Å²) < 4.78 is 0. The number of hydrogen-bond donors (Lipinski definition) is 1. The molecule has 2 aromatic rings. The summed E-state index contributed by atoms with van der Waals surface area (Å²) in [7, 11) is 2.02. The maximum Gasteiger partial charge on any atom is 0.0577 e. The number of hydrogen-bond acceptors (Lipinski definition) is 1. The normalized spacial score (nSPS) is 16.7. The lowest BCUT2D eigenvalue weighted by molar-refractivity contribution is 0.415. The Balaban J connectivity index is 1.98. The van der Waals surface area contributed by atoms with Crippen molar-refractivity contribution in [3.63, 3.8) is 0 Å². The van der Waals surface area contributed by atoms with Crippen LogP contribution in [0, 0.1) is 0 Å². The fourth-order valence-electron chi connectivity index (χ4n) is 3.02. The maximum atomic E-state index is 6.00. The first-order chi connectivity index (χ1) is 9.79. The van der Waals surface area contributed by atoms with Gasteiger partial charge >= 0.3 is 0 Å². The highest BCUT2D eigenvalue weighted by molar-refractivity contribution is 6.30. The van der Waals surface area contributed by atoms with Crippen molar-refractivity contribution < 1.29 is 0 Å². The lowest BCUT2D eigenvalue weighted by Gasteiger charge is -2.30. The van der Waals surface area contributed by atoms with Crippen LogP contribution in [0.1, 0.15) is 47.9 Å². The topological polar surface area (TPSA) is 12.0 Å². The van der Waals surface area contributed by atoms with E-state index in [9.17, 15) is 0 Å². The van der Waals surface area contributed by atoms with E-state index in [1.54, 1.807) is 0 Å². The minimum atomic E-state index is 0.240.